The molecule has 136 valence electrons. The molecule has 3 aliphatic rings. The van der Waals surface area contributed by atoms with Gasteiger partial charge in [-0.25, -0.2) is 0 Å². The average molecular weight is 370 g/mol. The maximum Gasteiger partial charge on any atom is 0.254 e. The number of benzene rings is 1. The van der Waals surface area contributed by atoms with Crippen molar-refractivity contribution >= 4 is 28.4 Å². The Morgan fingerprint density at radius 3 is 2.50 bits per heavy atom. The van der Waals surface area contributed by atoms with E-state index < -0.39 is 0 Å². The van der Waals surface area contributed by atoms with Crippen molar-refractivity contribution in [3.05, 3.63) is 40.5 Å². The second kappa shape index (κ2) is 6.50. The van der Waals surface area contributed by atoms with Crippen LogP contribution in [0.1, 0.15) is 47.7 Å². The van der Waals surface area contributed by atoms with Gasteiger partial charge in [0.1, 0.15) is 0 Å². The third-order valence-corrected chi connectivity index (χ3v) is 6.56. The van der Waals surface area contributed by atoms with Gasteiger partial charge in [0, 0.05) is 35.1 Å². The van der Waals surface area contributed by atoms with Gasteiger partial charge in [-0.1, -0.05) is 11.6 Å². The van der Waals surface area contributed by atoms with E-state index in [4.69, 9.17) is 16.6 Å². The molecule has 2 saturated heterocycles. The summed E-state index contributed by atoms with van der Waals surface area (Å²) in [5.41, 5.74) is 2.74. The molecule has 5 rings (SSSR count). The molecule has 26 heavy (non-hydrogen) atoms. The maximum atomic E-state index is 13.4. The summed E-state index contributed by atoms with van der Waals surface area (Å²) >= 11 is 6.23. The number of rotatable bonds is 2. The van der Waals surface area contributed by atoms with Gasteiger partial charge in [-0.2, -0.15) is 0 Å². The Labute approximate surface area is 158 Å². The highest BCUT2D eigenvalue weighted by molar-refractivity contribution is 6.31. The number of pyridine rings is 1. The van der Waals surface area contributed by atoms with Crippen molar-refractivity contribution in [3.63, 3.8) is 0 Å². The molecule has 2 atom stereocenters. The third kappa shape index (κ3) is 2.99. The third-order valence-electron chi connectivity index (χ3n) is 6.32. The van der Waals surface area contributed by atoms with Crippen LogP contribution < -0.4 is 5.32 Å². The molecule has 0 bridgehead atoms. The second-order valence-electron chi connectivity index (χ2n) is 8.08. The molecule has 3 heterocycles. The molecule has 1 saturated carbocycles. The number of hydrogen-bond donors (Lipinski definition) is 1. The van der Waals surface area contributed by atoms with E-state index in [9.17, 15) is 4.79 Å². The number of aromatic nitrogens is 1. The molecule has 5 heteroatoms. The van der Waals surface area contributed by atoms with Gasteiger partial charge in [0.05, 0.1) is 11.1 Å². The molecule has 1 aromatic heterocycles. The van der Waals surface area contributed by atoms with Gasteiger partial charge in [0.25, 0.3) is 5.91 Å². The predicted molar refractivity (Wildman–Crippen MR) is 104 cm³/mol. The van der Waals surface area contributed by atoms with Crippen molar-refractivity contribution in [2.75, 3.05) is 26.2 Å². The summed E-state index contributed by atoms with van der Waals surface area (Å²) in [6, 6.07) is 7.73. The largest absolute Gasteiger partial charge is 0.339 e. The van der Waals surface area contributed by atoms with Crippen LogP contribution in [0.5, 0.6) is 0 Å². The smallest absolute Gasteiger partial charge is 0.254 e. The number of nitrogens with zero attached hydrogens (tertiary/aromatic N) is 2. The highest BCUT2D eigenvalue weighted by Crippen LogP contribution is 2.40. The van der Waals surface area contributed by atoms with Crippen LogP contribution in [0, 0.1) is 11.8 Å². The summed E-state index contributed by atoms with van der Waals surface area (Å²) in [5.74, 6) is 2.11. The van der Waals surface area contributed by atoms with Crippen molar-refractivity contribution in [3.8, 4) is 0 Å². The molecule has 0 radical (unpaired) electrons. The fourth-order valence-corrected chi connectivity index (χ4v) is 4.75. The first-order chi connectivity index (χ1) is 12.7. The molecule has 1 N–H and O–H groups in total. The standard InChI is InChI=1S/C21H24ClN3O/c22-16-3-4-19-17(9-16)18(10-20(24-19)13-1-2-13)21(26)25-7-5-14-11-23-12-15(14)6-8-25/h3-4,9-10,13-15,23H,1-2,5-8,11-12H2/t14-,15+. The Balaban J connectivity index is 1.50. The monoisotopic (exact) mass is 369 g/mol. The average Bonchev–Trinajstić information content (AvgIpc) is 3.44. The van der Waals surface area contributed by atoms with E-state index in [1.165, 1.54) is 12.8 Å². The number of amides is 1. The topological polar surface area (TPSA) is 45.2 Å². The summed E-state index contributed by atoms with van der Waals surface area (Å²) in [7, 11) is 0. The minimum atomic E-state index is 0.148. The number of likely N-dealkylation sites (tertiary alicyclic amines) is 1. The molecule has 1 amide bonds. The number of hydrogen-bond acceptors (Lipinski definition) is 3. The number of halogens is 1. The first kappa shape index (κ1) is 16.5. The van der Waals surface area contributed by atoms with Crippen LogP contribution in [-0.2, 0) is 0 Å². The summed E-state index contributed by atoms with van der Waals surface area (Å²) in [5, 5.41) is 5.04. The Bertz CT molecular complexity index is 850. The van der Waals surface area contributed by atoms with Crippen molar-refractivity contribution < 1.29 is 4.79 Å². The van der Waals surface area contributed by atoms with Gasteiger partial charge in [0.2, 0.25) is 0 Å². The zero-order valence-electron chi connectivity index (χ0n) is 14.9. The van der Waals surface area contributed by atoms with E-state index in [1.54, 1.807) is 0 Å². The molecule has 2 aromatic rings. The number of carbonyl (C=O) groups is 1. The normalized spacial score (nSPS) is 26.0. The summed E-state index contributed by atoms with van der Waals surface area (Å²) in [4.78, 5) is 20.3. The molecule has 0 unspecified atom stereocenters. The molecular formula is C21H24ClN3O. The van der Waals surface area contributed by atoms with Crippen LogP contribution >= 0.6 is 11.6 Å². The minimum absolute atomic E-state index is 0.148. The van der Waals surface area contributed by atoms with E-state index in [1.807, 2.05) is 24.3 Å². The predicted octanol–water partition coefficient (Wildman–Crippen LogP) is 3.84. The van der Waals surface area contributed by atoms with Crippen molar-refractivity contribution in [2.24, 2.45) is 11.8 Å². The maximum absolute atomic E-state index is 13.4. The van der Waals surface area contributed by atoms with E-state index in [0.717, 1.165) is 73.0 Å². The van der Waals surface area contributed by atoms with Crippen molar-refractivity contribution in [1.29, 1.82) is 0 Å². The minimum Gasteiger partial charge on any atom is -0.339 e. The van der Waals surface area contributed by atoms with Gasteiger partial charge in [-0.15, -0.1) is 0 Å². The van der Waals surface area contributed by atoms with Crippen LogP contribution in [0.25, 0.3) is 10.9 Å². The second-order valence-corrected chi connectivity index (χ2v) is 8.51. The fraction of sp³-hybridized carbons (Fsp3) is 0.524. The van der Waals surface area contributed by atoms with Crippen LogP contribution in [0.2, 0.25) is 5.02 Å². The molecule has 1 aliphatic carbocycles. The molecule has 4 nitrogen and oxygen atoms in total. The number of nitrogens with one attached hydrogen (secondary N) is 1. The Kier molecular flexibility index (Phi) is 4.13. The number of carbonyl (C=O) groups excluding carboxylic acids is 1. The lowest BCUT2D eigenvalue weighted by atomic mass is 9.92. The highest BCUT2D eigenvalue weighted by Gasteiger charge is 2.33. The molecule has 3 fully saturated rings. The lowest BCUT2D eigenvalue weighted by Crippen LogP contribution is -2.33. The van der Waals surface area contributed by atoms with Gasteiger partial charge in [0.15, 0.2) is 0 Å². The summed E-state index contributed by atoms with van der Waals surface area (Å²) < 4.78 is 0. The first-order valence-electron chi connectivity index (χ1n) is 9.79. The Morgan fingerprint density at radius 2 is 1.81 bits per heavy atom. The lowest BCUT2D eigenvalue weighted by molar-refractivity contribution is 0.0760. The van der Waals surface area contributed by atoms with E-state index in [2.05, 4.69) is 10.2 Å². The van der Waals surface area contributed by atoms with Crippen molar-refractivity contribution in [2.45, 2.75) is 31.6 Å². The lowest BCUT2D eigenvalue weighted by Gasteiger charge is -2.22. The first-order valence-corrected chi connectivity index (χ1v) is 10.2. The fourth-order valence-electron chi connectivity index (χ4n) is 4.58. The zero-order valence-corrected chi connectivity index (χ0v) is 15.6. The van der Waals surface area contributed by atoms with Gasteiger partial charge in [-0.05, 0) is 74.9 Å². The van der Waals surface area contributed by atoms with E-state index in [0.29, 0.717) is 10.9 Å². The summed E-state index contributed by atoms with van der Waals surface area (Å²) in [6.07, 6.45) is 4.56. The molecular weight excluding hydrogens is 346 g/mol. The molecule has 1 aromatic carbocycles. The highest BCUT2D eigenvalue weighted by atomic mass is 35.5. The quantitative estimate of drug-likeness (QED) is 0.874. The Morgan fingerprint density at radius 1 is 1.08 bits per heavy atom. The van der Waals surface area contributed by atoms with Crippen LogP contribution in [0.3, 0.4) is 0 Å². The van der Waals surface area contributed by atoms with Crippen LogP contribution in [0.4, 0.5) is 0 Å². The summed E-state index contributed by atoms with van der Waals surface area (Å²) in [6.45, 7) is 3.91. The van der Waals surface area contributed by atoms with E-state index in [-0.39, 0.29) is 5.91 Å². The van der Waals surface area contributed by atoms with E-state index >= 15 is 0 Å². The molecule has 2 aliphatic heterocycles. The van der Waals surface area contributed by atoms with Gasteiger partial charge in [-0.3, -0.25) is 9.78 Å². The van der Waals surface area contributed by atoms with Gasteiger partial charge < -0.3 is 10.2 Å². The molecule has 0 spiro atoms. The Hall–Kier alpha value is -1.65. The van der Waals surface area contributed by atoms with Crippen LogP contribution in [-0.4, -0.2) is 42.0 Å². The van der Waals surface area contributed by atoms with Gasteiger partial charge >= 0.3 is 0 Å². The van der Waals surface area contributed by atoms with Crippen molar-refractivity contribution in [1.82, 2.24) is 15.2 Å². The SMILES string of the molecule is O=C(c1cc(C2CC2)nc2ccc(Cl)cc12)N1CC[C@@H]2CNC[C@@H]2CC1. The zero-order chi connectivity index (χ0) is 17.7. The van der Waals surface area contributed by atoms with Crippen LogP contribution in [0.15, 0.2) is 24.3 Å². The number of fused-ring (bicyclic) bond motifs is 2.